The van der Waals surface area contributed by atoms with Crippen LogP contribution in [0.2, 0.25) is 0 Å². The molecule has 0 unspecified atom stereocenters. The van der Waals surface area contributed by atoms with Crippen LogP contribution >= 0.6 is 15.9 Å². The Labute approximate surface area is 119 Å². The van der Waals surface area contributed by atoms with Crippen molar-refractivity contribution in [3.63, 3.8) is 0 Å². The number of ether oxygens (including phenoxy) is 2. The van der Waals surface area contributed by atoms with Crippen LogP contribution in [0.1, 0.15) is 12.8 Å². The molecule has 6 heteroatoms. The zero-order valence-corrected chi connectivity index (χ0v) is 11.9. The first-order chi connectivity index (χ1) is 9.15. The molecule has 0 radical (unpaired) electrons. The third kappa shape index (κ3) is 4.47. The normalized spacial score (nSPS) is 16.1. The average Bonchev–Trinajstić information content (AvgIpc) is 2.41. The number of hydrogen-bond acceptors (Lipinski definition) is 3. The summed E-state index contributed by atoms with van der Waals surface area (Å²) in [5, 5.41) is 2.89. The van der Waals surface area contributed by atoms with Gasteiger partial charge < -0.3 is 14.8 Å². The van der Waals surface area contributed by atoms with E-state index in [0.717, 1.165) is 12.8 Å². The molecular formula is C13H15BrFNO3. The van der Waals surface area contributed by atoms with E-state index in [2.05, 4.69) is 21.2 Å². The highest BCUT2D eigenvalue weighted by molar-refractivity contribution is 9.10. The predicted molar refractivity (Wildman–Crippen MR) is 71.6 cm³/mol. The molecule has 0 spiro atoms. The summed E-state index contributed by atoms with van der Waals surface area (Å²) in [5.41, 5.74) is 0. The van der Waals surface area contributed by atoms with Gasteiger partial charge in [0.05, 0.1) is 4.47 Å². The van der Waals surface area contributed by atoms with E-state index in [9.17, 15) is 9.18 Å². The van der Waals surface area contributed by atoms with Crippen LogP contribution < -0.4 is 10.1 Å². The van der Waals surface area contributed by atoms with Gasteiger partial charge in [0.1, 0.15) is 11.6 Å². The Balaban J connectivity index is 1.77. The Morgan fingerprint density at radius 3 is 2.89 bits per heavy atom. The zero-order valence-electron chi connectivity index (χ0n) is 10.3. The highest BCUT2D eigenvalue weighted by Crippen LogP contribution is 2.21. The number of carbonyl (C=O) groups excluding carboxylic acids is 1. The van der Waals surface area contributed by atoms with Gasteiger partial charge >= 0.3 is 0 Å². The second-order valence-corrected chi connectivity index (χ2v) is 5.17. The summed E-state index contributed by atoms with van der Waals surface area (Å²) in [4.78, 5) is 11.7. The summed E-state index contributed by atoms with van der Waals surface area (Å²) >= 11 is 3.06. The summed E-state index contributed by atoms with van der Waals surface area (Å²) in [6, 6.07) is 4.43. The Bertz CT molecular complexity index is 450. The van der Waals surface area contributed by atoms with Crippen molar-refractivity contribution in [2.24, 2.45) is 0 Å². The maximum atomic E-state index is 13.0. The topological polar surface area (TPSA) is 47.6 Å². The monoisotopic (exact) mass is 331 g/mol. The van der Waals surface area contributed by atoms with E-state index in [4.69, 9.17) is 9.47 Å². The molecule has 1 amide bonds. The van der Waals surface area contributed by atoms with E-state index in [1.807, 2.05) is 0 Å². The minimum atomic E-state index is -0.362. The molecule has 2 rings (SSSR count). The van der Waals surface area contributed by atoms with E-state index >= 15 is 0 Å². The molecule has 0 aliphatic carbocycles. The fourth-order valence-electron chi connectivity index (χ4n) is 1.83. The first-order valence-electron chi connectivity index (χ1n) is 6.10. The van der Waals surface area contributed by atoms with Gasteiger partial charge in [-0.15, -0.1) is 0 Å². The summed E-state index contributed by atoms with van der Waals surface area (Å²) in [6.45, 7) is 1.28. The second kappa shape index (κ2) is 6.86. The van der Waals surface area contributed by atoms with Crippen molar-refractivity contribution >= 4 is 21.8 Å². The van der Waals surface area contributed by atoms with Crippen LogP contribution in [0.4, 0.5) is 4.39 Å². The maximum Gasteiger partial charge on any atom is 0.258 e. The predicted octanol–water partition coefficient (Wildman–Crippen LogP) is 2.26. The Kier molecular flexibility index (Phi) is 5.15. The number of carbonyl (C=O) groups is 1. The van der Waals surface area contributed by atoms with Crippen molar-refractivity contribution in [2.75, 3.05) is 19.8 Å². The molecule has 1 fully saturated rings. The van der Waals surface area contributed by atoms with E-state index in [1.54, 1.807) is 0 Å². The van der Waals surface area contributed by atoms with Gasteiger partial charge in [-0.3, -0.25) is 4.79 Å². The van der Waals surface area contributed by atoms with Crippen molar-refractivity contribution in [1.82, 2.24) is 5.32 Å². The van der Waals surface area contributed by atoms with Crippen LogP contribution in [0.3, 0.4) is 0 Å². The molecule has 4 nitrogen and oxygen atoms in total. The molecule has 1 aromatic rings. The number of benzene rings is 1. The zero-order chi connectivity index (χ0) is 13.7. The number of nitrogens with one attached hydrogen (secondary N) is 1. The minimum absolute atomic E-state index is 0.0740. The molecule has 1 aliphatic rings. The fraction of sp³-hybridized carbons (Fsp3) is 0.462. The van der Waals surface area contributed by atoms with Crippen LogP contribution in [0.15, 0.2) is 22.7 Å². The van der Waals surface area contributed by atoms with Gasteiger partial charge in [-0.05, 0) is 47.0 Å². The summed E-state index contributed by atoms with van der Waals surface area (Å²) in [6.07, 6.45) is 1.65. The van der Waals surface area contributed by atoms with Gasteiger partial charge in [0.15, 0.2) is 6.61 Å². The largest absolute Gasteiger partial charge is 0.484 e. The molecule has 0 aromatic heterocycles. The number of halogens is 2. The van der Waals surface area contributed by atoms with Crippen LogP contribution in [0, 0.1) is 5.82 Å². The molecule has 1 aromatic carbocycles. The van der Waals surface area contributed by atoms with Crippen molar-refractivity contribution in [2.45, 2.75) is 18.9 Å². The number of amides is 1. The smallest absolute Gasteiger partial charge is 0.258 e. The standard InChI is InChI=1S/C13H15BrFNO3/c14-11-7-10(1-2-12(11)15)19-8-13(17)16-9-3-5-18-6-4-9/h1-2,7,9H,3-6,8H2,(H,16,17). The number of rotatable bonds is 4. The van der Waals surface area contributed by atoms with E-state index in [0.29, 0.717) is 23.4 Å². The second-order valence-electron chi connectivity index (χ2n) is 4.32. The fourth-order valence-corrected chi connectivity index (χ4v) is 2.18. The van der Waals surface area contributed by atoms with Crippen molar-refractivity contribution in [3.8, 4) is 5.75 Å². The van der Waals surface area contributed by atoms with E-state index in [-0.39, 0.29) is 24.4 Å². The first-order valence-corrected chi connectivity index (χ1v) is 6.89. The molecule has 1 N–H and O–H groups in total. The third-order valence-corrected chi connectivity index (χ3v) is 3.46. The molecule has 0 bridgehead atoms. The third-order valence-electron chi connectivity index (χ3n) is 2.85. The van der Waals surface area contributed by atoms with Crippen molar-refractivity contribution in [1.29, 1.82) is 0 Å². The molecule has 0 atom stereocenters. The van der Waals surface area contributed by atoms with Gasteiger partial charge in [-0.1, -0.05) is 0 Å². The summed E-state index contributed by atoms with van der Waals surface area (Å²) in [5.74, 6) is -0.0817. The number of hydrogen-bond donors (Lipinski definition) is 1. The quantitative estimate of drug-likeness (QED) is 0.920. The molecule has 0 saturated carbocycles. The van der Waals surface area contributed by atoms with E-state index in [1.165, 1.54) is 18.2 Å². The van der Waals surface area contributed by atoms with Crippen LogP contribution in [-0.2, 0) is 9.53 Å². The summed E-state index contributed by atoms with van der Waals surface area (Å²) < 4.78 is 23.8. The highest BCUT2D eigenvalue weighted by atomic mass is 79.9. The lowest BCUT2D eigenvalue weighted by atomic mass is 10.1. The molecule has 19 heavy (non-hydrogen) atoms. The van der Waals surface area contributed by atoms with Crippen molar-refractivity contribution in [3.05, 3.63) is 28.5 Å². The lowest BCUT2D eigenvalue weighted by molar-refractivity contribution is -0.124. The summed E-state index contributed by atoms with van der Waals surface area (Å²) in [7, 11) is 0. The minimum Gasteiger partial charge on any atom is -0.484 e. The molecular weight excluding hydrogens is 317 g/mol. The Morgan fingerprint density at radius 2 is 2.21 bits per heavy atom. The van der Waals surface area contributed by atoms with Gasteiger partial charge in [-0.25, -0.2) is 4.39 Å². The van der Waals surface area contributed by atoms with Gasteiger partial charge in [0, 0.05) is 19.3 Å². The Hall–Kier alpha value is -1.14. The maximum absolute atomic E-state index is 13.0. The van der Waals surface area contributed by atoms with Crippen molar-refractivity contribution < 1.29 is 18.7 Å². The van der Waals surface area contributed by atoms with Gasteiger partial charge in [0.2, 0.25) is 0 Å². The van der Waals surface area contributed by atoms with Gasteiger partial charge in [0.25, 0.3) is 5.91 Å². The first kappa shape index (κ1) is 14.3. The highest BCUT2D eigenvalue weighted by Gasteiger charge is 2.16. The average molecular weight is 332 g/mol. The molecule has 1 aliphatic heterocycles. The molecule has 104 valence electrons. The van der Waals surface area contributed by atoms with Crippen LogP contribution in [0.5, 0.6) is 5.75 Å². The lowest BCUT2D eigenvalue weighted by Gasteiger charge is -2.23. The SMILES string of the molecule is O=C(COc1ccc(F)c(Br)c1)NC1CCOCC1. The van der Waals surface area contributed by atoms with Crippen LogP contribution in [0.25, 0.3) is 0 Å². The van der Waals surface area contributed by atoms with E-state index < -0.39 is 0 Å². The van der Waals surface area contributed by atoms with Crippen LogP contribution in [-0.4, -0.2) is 31.8 Å². The molecule has 1 saturated heterocycles. The molecule has 1 heterocycles. The van der Waals surface area contributed by atoms with Gasteiger partial charge in [-0.2, -0.15) is 0 Å². The lowest BCUT2D eigenvalue weighted by Crippen LogP contribution is -2.41. The Morgan fingerprint density at radius 1 is 1.47 bits per heavy atom.